The predicted octanol–water partition coefficient (Wildman–Crippen LogP) is 2.06. The molecule has 1 saturated carbocycles. The summed E-state index contributed by atoms with van der Waals surface area (Å²) in [5.74, 6) is 1.42. The van der Waals surface area contributed by atoms with Crippen LogP contribution in [0, 0.1) is 5.92 Å². The van der Waals surface area contributed by atoms with Crippen LogP contribution >= 0.6 is 0 Å². The van der Waals surface area contributed by atoms with Crippen LogP contribution in [0.3, 0.4) is 0 Å². The van der Waals surface area contributed by atoms with Crippen molar-refractivity contribution in [1.82, 2.24) is 4.90 Å². The van der Waals surface area contributed by atoms with Crippen LogP contribution in [-0.4, -0.2) is 48.0 Å². The van der Waals surface area contributed by atoms with E-state index in [0.717, 1.165) is 38.6 Å². The Hall–Kier alpha value is -1.26. The van der Waals surface area contributed by atoms with Gasteiger partial charge in [-0.25, -0.2) is 0 Å². The Balaban J connectivity index is 1.89. The molecule has 2 N–H and O–H groups in total. The molecule has 0 aromatic heterocycles. The van der Waals surface area contributed by atoms with Crippen molar-refractivity contribution in [2.75, 3.05) is 20.6 Å². The molecule has 1 aromatic carbocycles. The topological polar surface area (TPSA) is 52.9 Å². The first kappa shape index (κ1) is 14.3. The Morgan fingerprint density at radius 1 is 1.27 bits per heavy atom. The number of phenols is 1. The van der Waals surface area contributed by atoms with Crippen molar-refractivity contribution in [2.24, 2.45) is 5.92 Å². The summed E-state index contributed by atoms with van der Waals surface area (Å²) >= 11 is 0. The minimum atomic E-state index is -0.434. The van der Waals surface area contributed by atoms with Crippen LogP contribution in [-0.2, 0) is 11.8 Å². The van der Waals surface area contributed by atoms with E-state index in [1.165, 1.54) is 11.1 Å². The number of hydrogen-bond acceptors (Lipinski definition) is 4. The molecule has 0 radical (unpaired) electrons. The first-order valence-electron chi connectivity index (χ1n) is 8.39. The van der Waals surface area contributed by atoms with Crippen LogP contribution in [0.25, 0.3) is 0 Å². The number of benzene rings is 1. The fourth-order valence-corrected chi connectivity index (χ4v) is 5.08. The third-order valence-corrected chi connectivity index (χ3v) is 6.06. The molecule has 4 atom stereocenters. The molecule has 0 bridgehead atoms. The Kier molecular flexibility index (Phi) is 3.17. The Labute approximate surface area is 131 Å². The van der Waals surface area contributed by atoms with Crippen LogP contribution in [0.5, 0.6) is 11.5 Å². The lowest BCUT2D eigenvalue weighted by atomic mass is 9.54. The molecule has 1 fully saturated rings. The number of phenolic OH excluding ortho intramolecular Hbond substituents is 1. The predicted molar refractivity (Wildman–Crippen MR) is 84.4 cm³/mol. The average molecular weight is 303 g/mol. The highest BCUT2D eigenvalue weighted by molar-refractivity contribution is 5.59. The van der Waals surface area contributed by atoms with Gasteiger partial charge in [0.25, 0.3) is 0 Å². The molecule has 22 heavy (non-hydrogen) atoms. The van der Waals surface area contributed by atoms with Gasteiger partial charge in [0.2, 0.25) is 0 Å². The van der Waals surface area contributed by atoms with E-state index in [9.17, 15) is 10.2 Å². The molecule has 4 heteroatoms. The van der Waals surface area contributed by atoms with Crippen molar-refractivity contribution < 1.29 is 14.9 Å². The molecule has 0 saturated heterocycles. The average Bonchev–Trinajstić information content (AvgIpc) is 2.86. The van der Waals surface area contributed by atoms with Crippen LogP contribution in [0.15, 0.2) is 12.1 Å². The number of hydrogen-bond donors (Lipinski definition) is 2. The first-order valence-corrected chi connectivity index (χ1v) is 8.39. The van der Waals surface area contributed by atoms with Gasteiger partial charge in [-0.05, 0) is 70.3 Å². The van der Waals surface area contributed by atoms with Crippen molar-refractivity contribution in [1.29, 1.82) is 0 Å². The van der Waals surface area contributed by atoms with E-state index in [4.69, 9.17) is 4.74 Å². The van der Waals surface area contributed by atoms with Crippen molar-refractivity contribution in [2.45, 2.75) is 49.7 Å². The minimum Gasteiger partial charge on any atom is -0.504 e. The lowest BCUT2D eigenvalue weighted by Crippen LogP contribution is -2.56. The zero-order valence-corrected chi connectivity index (χ0v) is 13.4. The van der Waals surface area contributed by atoms with E-state index in [2.05, 4.69) is 25.1 Å². The number of aryl methyl sites for hydroxylation is 1. The summed E-state index contributed by atoms with van der Waals surface area (Å²) in [6, 6.07) is 3.80. The summed E-state index contributed by atoms with van der Waals surface area (Å²) in [5, 5.41) is 20.9. The van der Waals surface area contributed by atoms with Gasteiger partial charge in [0, 0.05) is 11.0 Å². The smallest absolute Gasteiger partial charge is 0.165 e. The number of aliphatic hydroxyl groups is 1. The number of rotatable bonds is 3. The Morgan fingerprint density at radius 3 is 2.86 bits per heavy atom. The first-order chi connectivity index (χ1) is 10.5. The summed E-state index contributed by atoms with van der Waals surface area (Å²) in [4.78, 5) is 2.20. The molecule has 4 nitrogen and oxygen atoms in total. The third kappa shape index (κ3) is 1.77. The number of nitrogens with zero attached hydrogens (tertiary/aromatic N) is 1. The van der Waals surface area contributed by atoms with Gasteiger partial charge in [-0.2, -0.15) is 0 Å². The zero-order chi connectivity index (χ0) is 15.5. The standard InChI is InChI=1S/C18H25NO3/c1-19(2)10-9-18-12-5-3-11-4-7-13(20)16(15(11)18)22-17(18)14(21)8-6-12/h4,7,12,14,17,20-21H,3,5-6,8-10H2,1-2H3/t12-,14+,17+,18+/m1/s1. The molecule has 1 aliphatic heterocycles. The highest BCUT2D eigenvalue weighted by Crippen LogP contribution is 2.61. The summed E-state index contributed by atoms with van der Waals surface area (Å²) in [6.07, 6.45) is 4.44. The molecule has 0 spiro atoms. The highest BCUT2D eigenvalue weighted by atomic mass is 16.5. The minimum absolute atomic E-state index is 0.121. The zero-order valence-electron chi connectivity index (χ0n) is 13.4. The van der Waals surface area contributed by atoms with E-state index < -0.39 is 6.10 Å². The molecule has 0 amide bonds. The van der Waals surface area contributed by atoms with E-state index >= 15 is 0 Å². The molecule has 1 aromatic rings. The molecule has 4 rings (SSSR count). The number of aliphatic hydroxyl groups excluding tert-OH is 1. The number of ether oxygens (including phenoxy) is 1. The van der Waals surface area contributed by atoms with E-state index in [1.807, 2.05) is 0 Å². The molecular formula is C18H25NO3. The normalized spacial score (nSPS) is 35.4. The van der Waals surface area contributed by atoms with Gasteiger partial charge in [0.05, 0.1) is 6.10 Å². The fourth-order valence-electron chi connectivity index (χ4n) is 5.08. The second-order valence-electron chi connectivity index (χ2n) is 7.46. The van der Waals surface area contributed by atoms with Gasteiger partial charge >= 0.3 is 0 Å². The molecule has 2 aliphatic carbocycles. The maximum atomic E-state index is 10.6. The molecule has 1 heterocycles. The molecular weight excluding hydrogens is 278 g/mol. The lowest BCUT2D eigenvalue weighted by Gasteiger charge is -2.50. The van der Waals surface area contributed by atoms with E-state index in [0.29, 0.717) is 11.7 Å². The largest absolute Gasteiger partial charge is 0.504 e. The molecule has 0 unspecified atom stereocenters. The van der Waals surface area contributed by atoms with Gasteiger partial charge in [0.15, 0.2) is 11.5 Å². The summed E-state index contributed by atoms with van der Waals surface area (Å²) < 4.78 is 6.16. The van der Waals surface area contributed by atoms with Gasteiger partial charge in [0.1, 0.15) is 6.10 Å². The van der Waals surface area contributed by atoms with Crippen molar-refractivity contribution >= 4 is 0 Å². The van der Waals surface area contributed by atoms with Gasteiger partial charge in [-0.1, -0.05) is 6.07 Å². The molecule has 120 valence electrons. The van der Waals surface area contributed by atoms with E-state index in [1.54, 1.807) is 6.07 Å². The van der Waals surface area contributed by atoms with Crippen LogP contribution in [0.2, 0.25) is 0 Å². The van der Waals surface area contributed by atoms with Gasteiger partial charge in [-0.3, -0.25) is 0 Å². The second-order valence-corrected chi connectivity index (χ2v) is 7.46. The Morgan fingerprint density at radius 2 is 2.09 bits per heavy atom. The van der Waals surface area contributed by atoms with Crippen LogP contribution in [0.4, 0.5) is 0 Å². The van der Waals surface area contributed by atoms with Crippen LogP contribution < -0.4 is 4.74 Å². The monoisotopic (exact) mass is 303 g/mol. The van der Waals surface area contributed by atoms with Crippen molar-refractivity contribution in [3.05, 3.63) is 23.3 Å². The summed E-state index contributed by atoms with van der Waals surface area (Å²) in [6.45, 7) is 0.970. The fraction of sp³-hybridized carbons (Fsp3) is 0.667. The number of aromatic hydroxyl groups is 1. The van der Waals surface area contributed by atoms with Crippen molar-refractivity contribution in [3.63, 3.8) is 0 Å². The quantitative estimate of drug-likeness (QED) is 0.897. The molecule has 3 aliphatic rings. The van der Waals surface area contributed by atoms with Crippen LogP contribution in [0.1, 0.15) is 36.8 Å². The third-order valence-electron chi connectivity index (χ3n) is 6.06. The van der Waals surface area contributed by atoms with E-state index in [-0.39, 0.29) is 17.3 Å². The Bertz CT molecular complexity index is 600. The van der Waals surface area contributed by atoms with Crippen molar-refractivity contribution in [3.8, 4) is 11.5 Å². The summed E-state index contributed by atoms with van der Waals surface area (Å²) in [7, 11) is 4.18. The maximum absolute atomic E-state index is 10.6. The van der Waals surface area contributed by atoms with Gasteiger partial charge < -0.3 is 19.8 Å². The van der Waals surface area contributed by atoms with Gasteiger partial charge in [-0.15, -0.1) is 0 Å². The second kappa shape index (κ2) is 4.87. The SMILES string of the molecule is CN(C)CC[C@]12c3c4ccc(O)c3O[C@H]1[C@@H](O)CC[C@H]2CC4. The maximum Gasteiger partial charge on any atom is 0.165 e. The highest BCUT2D eigenvalue weighted by Gasteiger charge is 2.60. The lowest BCUT2D eigenvalue weighted by molar-refractivity contribution is -0.0607. The summed E-state index contributed by atoms with van der Waals surface area (Å²) in [5.41, 5.74) is 2.39.